The molecular formula is C18H22N10O5S3. The van der Waals surface area contributed by atoms with E-state index in [2.05, 4.69) is 35.6 Å². The molecule has 0 aromatic carbocycles. The molecule has 2 N–H and O–H groups in total. The number of carboxylic acids is 1. The van der Waals surface area contributed by atoms with Crippen LogP contribution in [-0.2, 0) is 25.8 Å². The van der Waals surface area contributed by atoms with Gasteiger partial charge in [-0.1, -0.05) is 21.4 Å². The lowest BCUT2D eigenvalue weighted by molar-refractivity contribution is -0.150. The molecule has 0 aliphatic carbocycles. The van der Waals surface area contributed by atoms with E-state index in [0.717, 1.165) is 18.1 Å². The normalized spacial score (nSPS) is 19.8. The minimum Gasteiger partial charge on any atom is -0.477 e. The van der Waals surface area contributed by atoms with E-state index in [1.54, 1.807) is 4.68 Å². The molecule has 2 amide bonds. The Balaban J connectivity index is 1.45. The van der Waals surface area contributed by atoms with Crippen LogP contribution in [0.4, 0.5) is 0 Å². The van der Waals surface area contributed by atoms with Gasteiger partial charge in [0.2, 0.25) is 5.16 Å². The molecule has 4 heterocycles. The summed E-state index contributed by atoms with van der Waals surface area (Å²) < 4.78 is 5.36. The van der Waals surface area contributed by atoms with Crippen molar-refractivity contribution in [2.24, 2.45) is 5.16 Å². The zero-order chi connectivity index (χ0) is 25.8. The van der Waals surface area contributed by atoms with Gasteiger partial charge in [0, 0.05) is 23.4 Å². The Labute approximate surface area is 217 Å². The van der Waals surface area contributed by atoms with Crippen molar-refractivity contribution in [3.8, 4) is 0 Å². The number of oxime groups is 1. The number of aromatic nitrogens is 6. The number of likely N-dealkylation sites (N-methyl/N-ethyl adjacent to an activating group) is 1. The molecule has 18 heteroatoms. The summed E-state index contributed by atoms with van der Waals surface area (Å²) in [4.78, 5) is 45.8. The fourth-order valence-electron chi connectivity index (χ4n) is 3.45. The molecule has 0 bridgehead atoms. The van der Waals surface area contributed by atoms with Crippen molar-refractivity contribution in [2.45, 2.75) is 23.1 Å². The highest BCUT2D eigenvalue weighted by molar-refractivity contribution is 8.01. The Kier molecular flexibility index (Phi) is 8.17. The quantitative estimate of drug-likeness (QED) is 0.149. The summed E-state index contributed by atoms with van der Waals surface area (Å²) in [6.45, 7) is 1.33. The zero-order valence-corrected chi connectivity index (χ0v) is 21.8. The van der Waals surface area contributed by atoms with Crippen LogP contribution in [-0.4, -0.2) is 119 Å². The monoisotopic (exact) mass is 554 g/mol. The summed E-state index contributed by atoms with van der Waals surface area (Å²) in [6, 6.07) is -0.918. The van der Waals surface area contributed by atoms with Gasteiger partial charge in [-0.05, 0) is 41.6 Å². The number of carboxylic acid groups (broad SMARTS) is 1. The molecule has 1 saturated heterocycles. The molecule has 2 atom stereocenters. The van der Waals surface area contributed by atoms with Crippen LogP contribution in [0.3, 0.4) is 0 Å². The molecule has 4 rings (SSSR count). The van der Waals surface area contributed by atoms with Gasteiger partial charge in [0.15, 0.2) is 5.71 Å². The first-order valence-corrected chi connectivity index (χ1v) is 13.3. The van der Waals surface area contributed by atoms with Gasteiger partial charge in [-0.2, -0.15) is 0 Å². The van der Waals surface area contributed by atoms with Gasteiger partial charge in [-0.3, -0.25) is 14.5 Å². The predicted molar refractivity (Wildman–Crippen MR) is 130 cm³/mol. The molecule has 2 aliphatic rings. The maximum absolute atomic E-state index is 13.0. The Morgan fingerprint density at radius 2 is 2.19 bits per heavy atom. The Bertz CT molecular complexity index is 1200. The summed E-state index contributed by atoms with van der Waals surface area (Å²) in [7, 11) is 5.17. The second kappa shape index (κ2) is 11.3. The van der Waals surface area contributed by atoms with Crippen LogP contribution in [0.5, 0.6) is 0 Å². The van der Waals surface area contributed by atoms with Crippen molar-refractivity contribution >= 4 is 58.6 Å². The first-order valence-electron chi connectivity index (χ1n) is 10.4. The van der Waals surface area contributed by atoms with E-state index in [0.29, 0.717) is 28.8 Å². The number of carbonyl (C=O) groups is 3. The summed E-state index contributed by atoms with van der Waals surface area (Å²) in [5, 5.41) is 33.2. The van der Waals surface area contributed by atoms with E-state index < -0.39 is 29.2 Å². The van der Waals surface area contributed by atoms with Crippen LogP contribution in [0.25, 0.3) is 0 Å². The molecule has 2 aromatic rings. The highest BCUT2D eigenvalue weighted by Crippen LogP contribution is 2.41. The number of fused-ring (bicyclic) bond motifs is 1. The minimum absolute atomic E-state index is 0.0800. The van der Waals surface area contributed by atoms with E-state index >= 15 is 0 Å². The Morgan fingerprint density at radius 1 is 1.39 bits per heavy atom. The van der Waals surface area contributed by atoms with Crippen LogP contribution >= 0.6 is 35.1 Å². The third-order valence-electron chi connectivity index (χ3n) is 5.17. The number of aliphatic carboxylic acids is 1. The second-order valence-electron chi connectivity index (χ2n) is 7.81. The van der Waals surface area contributed by atoms with Crippen LogP contribution in [0.1, 0.15) is 5.69 Å². The lowest BCUT2D eigenvalue weighted by Gasteiger charge is -2.49. The molecule has 192 valence electrons. The highest BCUT2D eigenvalue weighted by atomic mass is 32.2. The van der Waals surface area contributed by atoms with E-state index in [1.165, 1.54) is 40.9 Å². The number of nitrogens with one attached hydrogen (secondary N) is 1. The van der Waals surface area contributed by atoms with Crippen molar-refractivity contribution < 1.29 is 24.3 Å². The number of carbonyl (C=O) groups excluding carboxylic acids is 2. The van der Waals surface area contributed by atoms with Crippen molar-refractivity contribution in [1.29, 1.82) is 0 Å². The number of tetrazole rings is 1. The van der Waals surface area contributed by atoms with Gasteiger partial charge in [0.05, 0.1) is 6.54 Å². The topological polar surface area (TPSA) is 181 Å². The average Bonchev–Trinajstić information content (AvgIpc) is 3.54. The first kappa shape index (κ1) is 26.0. The standard InChI is InChI=1S/C18H22N10O5S3/c1-26(2)4-5-27-18(21-23-24-27)35-7-9-6-34-16-12(15(30)28(16)13(9)17(31)32)19-14(29)11(22-33-3)10-8-36-25-20-10/h8,12,16H,4-7H2,1-3H3,(H,19,29)(H,31,32)/b22-11+/t12?,16-/m1/s1. The summed E-state index contributed by atoms with van der Waals surface area (Å²) in [5.74, 6) is -1.74. The smallest absolute Gasteiger partial charge is 0.352 e. The maximum Gasteiger partial charge on any atom is 0.352 e. The lowest BCUT2D eigenvalue weighted by Crippen LogP contribution is -2.71. The molecule has 1 unspecified atom stereocenters. The van der Waals surface area contributed by atoms with Crippen molar-refractivity contribution in [3.05, 3.63) is 22.3 Å². The molecule has 0 radical (unpaired) electrons. The van der Waals surface area contributed by atoms with Gasteiger partial charge in [0.1, 0.15) is 29.9 Å². The van der Waals surface area contributed by atoms with Gasteiger partial charge in [-0.25, -0.2) is 9.48 Å². The summed E-state index contributed by atoms with van der Waals surface area (Å²) in [5.41, 5.74) is 0.571. The molecule has 0 saturated carbocycles. The number of nitrogens with zero attached hydrogens (tertiary/aromatic N) is 9. The first-order chi connectivity index (χ1) is 17.3. The minimum atomic E-state index is -1.21. The van der Waals surface area contributed by atoms with E-state index in [1.807, 2.05) is 19.0 Å². The van der Waals surface area contributed by atoms with E-state index in [4.69, 9.17) is 4.84 Å². The summed E-state index contributed by atoms with van der Waals surface area (Å²) in [6.07, 6.45) is 0. The van der Waals surface area contributed by atoms with E-state index in [-0.39, 0.29) is 17.1 Å². The van der Waals surface area contributed by atoms with Crippen LogP contribution < -0.4 is 5.32 Å². The van der Waals surface area contributed by atoms with Crippen LogP contribution in [0.15, 0.2) is 27.0 Å². The number of hydrogen-bond acceptors (Lipinski definition) is 14. The zero-order valence-electron chi connectivity index (χ0n) is 19.4. The number of rotatable bonds is 11. The SMILES string of the molecule is CO/N=C(/C(=O)NC1C(=O)N2C(C(=O)O)=C(CSc3nnnn3CCN(C)C)CS[C@H]12)c1csnn1. The fourth-order valence-corrected chi connectivity index (χ4v) is 6.28. The van der Waals surface area contributed by atoms with Gasteiger partial charge in [-0.15, -0.1) is 22.0 Å². The van der Waals surface area contributed by atoms with Crippen molar-refractivity contribution in [2.75, 3.05) is 39.3 Å². The lowest BCUT2D eigenvalue weighted by atomic mass is 10.0. The third-order valence-corrected chi connectivity index (χ3v) is 8.06. The molecule has 2 aliphatic heterocycles. The van der Waals surface area contributed by atoms with Gasteiger partial charge >= 0.3 is 5.97 Å². The number of β-lactam (4-membered cyclic amide) rings is 1. The summed E-state index contributed by atoms with van der Waals surface area (Å²) >= 11 is 3.71. The van der Waals surface area contributed by atoms with Crippen molar-refractivity contribution in [3.63, 3.8) is 0 Å². The van der Waals surface area contributed by atoms with Crippen LogP contribution in [0, 0.1) is 0 Å². The molecule has 15 nitrogen and oxygen atoms in total. The van der Waals surface area contributed by atoms with Crippen molar-refractivity contribution in [1.82, 2.24) is 44.9 Å². The highest BCUT2D eigenvalue weighted by Gasteiger charge is 2.54. The number of hydrogen-bond donors (Lipinski definition) is 2. The number of thioether (sulfide) groups is 2. The van der Waals surface area contributed by atoms with E-state index in [9.17, 15) is 19.5 Å². The van der Waals surface area contributed by atoms with Gasteiger partial charge in [0.25, 0.3) is 11.8 Å². The second-order valence-corrected chi connectivity index (χ2v) is 10.5. The molecule has 36 heavy (non-hydrogen) atoms. The molecular weight excluding hydrogens is 532 g/mol. The molecule has 1 fully saturated rings. The predicted octanol–water partition coefficient (Wildman–Crippen LogP) is -1.03. The third kappa shape index (κ3) is 5.35. The van der Waals surface area contributed by atoms with Gasteiger partial charge < -0.3 is 20.2 Å². The fraction of sp³-hybridized carbons (Fsp3) is 0.500. The number of amides is 2. The average molecular weight is 555 g/mol. The largest absolute Gasteiger partial charge is 0.477 e. The Hall–Kier alpha value is -3.09. The Morgan fingerprint density at radius 3 is 2.86 bits per heavy atom. The van der Waals surface area contributed by atoms with Crippen LogP contribution in [0.2, 0.25) is 0 Å². The molecule has 0 spiro atoms. The maximum atomic E-state index is 13.0. The molecule has 2 aromatic heterocycles.